The summed E-state index contributed by atoms with van der Waals surface area (Å²) >= 11 is 0. The van der Waals surface area contributed by atoms with Crippen molar-refractivity contribution in [2.24, 2.45) is 0 Å². The van der Waals surface area contributed by atoms with Gasteiger partial charge in [0.15, 0.2) is 0 Å². The lowest BCUT2D eigenvalue weighted by Crippen LogP contribution is -2.59. The van der Waals surface area contributed by atoms with E-state index in [1.54, 1.807) is 0 Å². The zero-order valence-corrected chi connectivity index (χ0v) is 11.6. The minimum Gasteiger partial charge on any atom is -0.396 e. The van der Waals surface area contributed by atoms with Gasteiger partial charge in [0, 0.05) is 25.7 Å². The average Bonchev–Trinajstić information content (AvgIpc) is 2.42. The van der Waals surface area contributed by atoms with Gasteiger partial charge in [0.2, 0.25) is 5.91 Å². The second kappa shape index (κ2) is 6.17. The first-order valence-corrected chi connectivity index (χ1v) is 6.79. The number of amides is 1. The van der Waals surface area contributed by atoms with Gasteiger partial charge in [-0.25, -0.2) is 0 Å². The average molecular weight is 262 g/mol. The predicted octanol–water partition coefficient (Wildman–Crippen LogP) is 1.10. The molecule has 2 rings (SSSR count). The molecule has 2 atom stereocenters. The van der Waals surface area contributed by atoms with Crippen LogP contribution in [-0.2, 0) is 11.3 Å². The SMILES string of the molecule is CC1CN(Cc2ccccc2)C(=O)C(CCO)N1C. The number of aliphatic hydroxyl groups excluding tert-OH is 1. The van der Waals surface area contributed by atoms with Gasteiger partial charge in [0.05, 0.1) is 6.04 Å². The highest BCUT2D eigenvalue weighted by atomic mass is 16.3. The van der Waals surface area contributed by atoms with Gasteiger partial charge in [-0.1, -0.05) is 30.3 Å². The monoisotopic (exact) mass is 262 g/mol. The van der Waals surface area contributed by atoms with Crippen molar-refractivity contribution in [1.82, 2.24) is 9.80 Å². The van der Waals surface area contributed by atoms with Gasteiger partial charge in [0.25, 0.3) is 0 Å². The molecule has 4 heteroatoms. The number of carbonyl (C=O) groups excluding carboxylic acids is 1. The second-order valence-corrected chi connectivity index (χ2v) is 5.25. The second-order valence-electron chi connectivity index (χ2n) is 5.25. The molecule has 1 heterocycles. The third-order valence-corrected chi connectivity index (χ3v) is 3.89. The third-order valence-electron chi connectivity index (χ3n) is 3.89. The number of hydrogen-bond acceptors (Lipinski definition) is 3. The predicted molar refractivity (Wildman–Crippen MR) is 74.6 cm³/mol. The van der Waals surface area contributed by atoms with Crippen molar-refractivity contribution in [2.45, 2.75) is 32.0 Å². The van der Waals surface area contributed by atoms with Crippen molar-refractivity contribution in [2.75, 3.05) is 20.2 Å². The maximum atomic E-state index is 12.4. The molecule has 1 N–H and O–H groups in total. The minimum absolute atomic E-state index is 0.0483. The summed E-state index contributed by atoms with van der Waals surface area (Å²) in [6, 6.07) is 10.2. The van der Waals surface area contributed by atoms with Crippen LogP contribution in [0.1, 0.15) is 18.9 Å². The Morgan fingerprint density at radius 1 is 1.32 bits per heavy atom. The summed E-state index contributed by atoms with van der Waals surface area (Å²) in [6.07, 6.45) is 0.505. The first-order chi connectivity index (χ1) is 9.13. The van der Waals surface area contributed by atoms with Crippen LogP contribution in [0.2, 0.25) is 0 Å². The molecular weight excluding hydrogens is 240 g/mol. The molecule has 1 fully saturated rings. The number of benzene rings is 1. The minimum atomic E-state index is -0.197. The molecule has 0 radical (unpaired) electrons. The zero-order valence-electron chi connectivity index (χ0n) is 11.6. The third kappa shape index (κ3) is 3.14. The van der Waals surface area contributed by atoms with Crippen molar-refractivity contribution in [3.05, 3.63) is 35.9 Å². The maximum Gasteiger partial charge on any atom is 0.240 e. The first kappa shape index (κ1) is 14.0. The van der Waals surface area contributed by atoms with E-state index in [0.29, 0.717) is 19.0 Å². The summed E-state index contributed by atoms with van der Waals surface area (Å²) in [7, 11) is 1.96. The molecule has 0 spiro atoms. The summed E-state index contributed by atoms with van der Waals surface area (Å²) in [5.41, 5.74) is 1.15. The highest BCUT2D eigenvalue weighted by Crippen LogP contribution is 2.19. The number of nitrogens with zero attached hydrogens (tertiary/aromatic N) is 2. The molecule has 1 aromatic carbocycles. The van der Waals surface area contributed by atoms with Crippen molar-refractivity contribution in [3.63, 3.8) is 0 Å². The van der Waals surface area contributed by atoms with Crippen LogP contribution in [0.3, 0.4) is 0 Å². The van der Waals surface area contributed by atoms with Gasteiger partial charge in [-0.3, -0.25) is 9.69 Å². The normalized spacial score (nSPS) is 24.8. The Balaban J connectivity index is 2.10. The fourth-order valence-corrected chi connectivity index (χ4v) is 2.63. The molecule has 1 aliphatic rings. The molecule has 1 aromatic rings. The molecule has 1 saturated heterocycles. The Hall–Kier alpha value is -1.39. The van der Waals surface area contributed by atoms with Gasteiger partial charge in [-0.2, -0.15) is 0 Å². The zero-order chi connectivity index (χ0) is 13.8. The molecule has 2 unspecified atom stereocenters. The van der Waals surface area contributed by atoms with Crippen LogP contribution >= 0.6 is 0 Å². The Morgan fingerprint density at radius 3 is 2.63 bits per heavy atom. The molecule has 104 valence electrons. The summed E-state index contributed by atoms with van der Waals surface area (Å²) in [5, 5.41) is 9.12. The van der Waals surface area contributed by atoms with Crippen LogP contribution < -0.4 is 0 Å². The van der Waals surface area contributed by atoms with Gasteiger partial charge < -0.3 is 10.0 Å². The van der Waals surface area contributed by atoms with E-state index in [1.807, 2.05) is 42.3 Å². The quantitative estimate of drug-likeness (QED) is 0.883. The molecular formula is C15H22N2O2. The first-order valence-electron chi connectivity index (χ1n) is 6.79. The molecule has 0 saturated carbocycles. The molecule has 19 heavy (non-hydrogen) atoms. The number of aliphatic hydroxyl groups is 1. The highest BCUT2D eigenvalue weighted by molar-refractivity contribution is 5.82. The van der Waals surface area contributed by atoms with Crippen molar-refractivity contribution >= 4 is 5.91 Å². The Bertz CT molecular complexity index is 421. The maximum absolute atomic E-state index is 12.4. The van der Waals surface area contributed by atoms with E-state index in [-0.39, 0.29) is 18.6 Å². The van der Waals surface area contributed by atoms with Gasteiger partial charge in [0.1, 0.15) is 0 Å². The van der Waals surface area contributed by atoms with E-state index in [2.05, 4.69) is 11.8 Å². The largest absolute Gasteiger partial charge is 0.396 e. The molecule has 0 bridgehead atoms. The van der Waals surface area contributed by atoms with E-state index in [1.165, 1.54) is 0 Å². The van der Waals surface area contributed by atoms with Crippen LogP contribution in [0.25, 0.3) is 0 Å². The lowest BCUT2D eigenvalue weighted by molar-refractivity contribution is -0.145. The molecule has 1 amide bonds. The number of likely N-dealkylation sites (N-methyl/N-ethyl adjacent to an activating group) is 1. The fourth-order valence-electron chi connectivity index (χ4n) is 2.63. The summed E-state index contributed by atoms with van der Waals surface area (Å²) < 4.78 is 0. The lowest BCUT2D eigenvalue weighted by atomic mass is 10.0. The van der Waals surface area contributed by atoms with Crippen LogP contribution in [0.15, 0.2) is 30.3 Å². The fraction of sp³-hybridized carbons (Fsp3) is 0.533. The van der Waals surface area contributed by atoms with Crippen LogP contribution in [-0.4, -0.2) is 53.1 Å². The number of carbonyl (C=O) groups is 1. The smallest absolute Gasteiger partial charge is 0.240 e. The molecule has 4 nitrogen and oxygen atoms in total. The standard InChI is InChI=1S/C15H22N2O2/c1-12-10-17(11-13-6-4-3-5-7-13)15(19)14(8-9-18)16(12)2/h3-7,12,14,18H,8-11H2,1-2H3. The number of rotatable bonds is 4. The summed E-state index contributed by atoms with van der Waals surface area (Å²) in [6.45, 7) is 3.56. The summed E-state index contributed by atoms with van der Waals surface area (Å²) in [5.74, 6) is 0.124. The topological polar surface area (TPSA) is 43.8 Å². The van der Waals surface area contributed by atoms with Crippen LogP contribution in [0.4, 0.5) is 0 Å². The van der Waals surface area contributed by atoms with Crippen molar-refractivity contribution in [1.29, 1.82) is 0 Å². The molecule has 0 aromatic heterocycles. The van der Waals surface area contributed by atoms with Gasteiger partial charge in [-0.05, 0) is 26.0 Å². The van der Waals surface area contributed by atoms with E-state index in [0.717, 1.165) is 12.1 Å². The summed E-state index contributed by atoms with van der Waals surface area (Å²) in [4.78, 5) is 16.4. The Morgan fingerprint density at radius 2 is 2.00 bits per heavy atom. The van der Waals surface area contributed by atoms with E-state index >= 15 is 0 Å². The van der Waals surface area contributed by atoms with Crippen LogP contribution in [0, 0.1) is 0 Å². The van der Waals surface area contributed by atoms with E-state index in [4.69, 9.17) is 5.11 Å². The Labute approximate surface area is 114 Å². The highest BCUT2D eigenvalue weighted by Gasteiger charge is 2.35. The number of piperazine rings is 1. The lowest BCUT2D eigenvalue weighted by Gasteiger charge is -2.43. The van der Waals surface area contributed by atoms with Gasteiger partial charge in [-0.15, -0.1) is 0 Å². The Kier molecular flexibility index (Phi) is 4.56. The van der Waals surface area contributed by atoms with Crippen molar-refractivity contribution < 1.29 is 9.90 Å². The van der Waals surface area contributed by atoms with Crippen LogP contribution in [0.5, 0.6) is 0 Å². The van der Waals surface area contributed by atoms with E-state index in [9.17, 15) is 4.79 Å². The van der Waals surface area contributed by atoms with E-state index < -0.39 is 0 Å². The molecule has 1 aliphatic heterocycles. The van der Waals surface area contributed by atoms with Crippen molar-refractivity contribution in [3.8, 4) is 0 Å². The number of hydrogen-bond donors (Lipinski definition) is 1. The molecule has 0 aliphatic carbocycles. The van der Waals surface area contributed by atoms with Gasteiger partial charge >= 0.3 is 0 Å².